The quantitative estimate of drug-likeness (QED) is 0.654. The summed E-state index contributed by atoms with van der Waals surface area (Å²) >= 11 is 0. The molecule has 0 bridgehead atoms. The number of nitrogens with one attached hydrogen (secondary N) is 1. The van der Waals surface area contributed by atoms with Crippen molar-refractivity contribution in [3.05, 3.63) is 59.2 Å². The zero-order valence-electron chi connectivity index (χ0n) is 17.7. The standard InChI is InChI=1S/C21H26N2O6S2/c1-15-6-7-16(2)20(13-15)31(27,28)29-19-10-8-17(9-11-19)21(24)22-18-5-4-12-23(14-18)30(3,25)26/h6-11,13,18H,4-5,12,14H2,1-3H3,(H,22,24). The van der Waals surface area contributed by atoms with Gasteiger partial charge in [0.1, 0.15) is 10.6 Å². The van der Waals surface area contributed by atoms with Gasteiger partial charge in [0, 0.05) is 24.7 Å². The van der Waals surface area contributed by atoms with Gasteiger partial charge in [0.05, 0.1) is 6.26 Å². The number of hydrogen-bond donors (Lipinski definition) is 1. The van der Waals surface area contributed by atoms with Crippen LogP contribution in [0.4, 0.5) is 0 Å². The van der Waals surface area contributed by atoms with Crippen LogP contribution >= 0.6 is 0 Å². The van der Waals surface area contributed by atoms with Gasteiger partial charge in [-0.05, 0) is 68.1 Å². The van der Waals surface area contributed by atoms with Crippen LogP contribution in [0.15, 0.2) is 47.4 Å². The van der Waals surface area contributed by atoms with Gasteiger partial charge in [-0.2, -0.15) is 8.42 Å². The maximum Gasteiger partial charge on any atom is 0.339 e. The van der Waals surface area contributed by atoms with Gasteiger partial charge >= 0.3 is 10.1 Å². The van der Waals surface area contributed by atoms with E-state index in [1.807, 2.05) is 6.07 Å². The highest BCUT2D eigenvalue weighted by Crippen LogP contribution is 2.23. The highest BCUT2D eigenvalue weighted by Gasteiger charge is 2.27. The molecule has 3 rings (SSSR count). The molecule has 1 saturated heterocycles. The monoisotopic (exact) mass is 466 g/mol. The van der Waals surface area contributed by atoms with E-state index in [1.54, 1.807) is 26.0 Å². The predicted octanol–water partition coefficient (Wildman–Crippen LogP) is 2.22. The van der Waals surface area contributed by atoms with Gasteiger partial charge < -0.3 is 9.50 Å². The van der Waals surface area contributed by atoms with Gasteiger partial charge in [-0.3, -0.25) is 4.79 Å². The molecule has 8 nitrogen and oxygen atoms in total. The van der Waals surface area contributed by atoms with Gasteiger partial charge in [-0.1, -0.05) is 12.1 Å². The van der Waals surface area contributed by atoms with Crippen LogP contribution in [0.5, 0.6) is 5.75 Å². The molecular formula is C21H26N2O6S2. The average Bonchev–Trinajstić information content (AvgIpc) is 2.69. The van der Waals surface area contributed by atoms with E-state index in [0.717, 1.165) is 11.8 Å². The Balaban J connectivity index is 1.67. The highest BCUT2D eigenvalue weighted by molar-refractivity contribution is 7.88. The first-order chi connectivity index (χ1) is 14.5. The van der Waals surface area contributed by atoms with E-state index in [0.29, 0.717) is 30.5 Å². The van der Waals surface area contributed by atoms with Crippen molar-refractivity contribution < 1.29 is 25.8 Å². The van der Waals surface area contributed by atoms with Gasteiger partial charge in [-0.15, -0.1) is 0 Å². The Kier molecular flexibility index (Phi) is 6.73. The third-order valence-electron chi connectivity index (χ3n) is 5.12. The zero-order valence-corrected chi connectivity index (χ0v) is 19.3. The predicted molar refractivity (Wildman–Crippen MR) is 117 cm³/mol. The molecule has 1 heterocycles. The molecule has 1 atom stereocenters. The molecule has 1 amide bonds. The normalized spacial score (nSPS) is 17.8. The van der Waals surface area contributed by atoms with Crippen molar-refractivity contribution in [2.45, 2.75) is 37.6 Å². The maximum atomic E-state index is 12.6. The fourth-order valence-corrected chi connectivity index (χ4v) is 5.60. The lowest BCUT2D eigenvalue weighted by molar-refractivity contribution is 0.0921. The number of hydrogen-bond acceptors (Lipinski definition) is 6. The molecule has 168 valence electrons. The fraction of sp³-hybridized carbons (Fsp3) is 0.381. The van der Waals surface area contributed by atoms with Crippen molar-refractivity contribution >= 4 is 26.0 Å². The fourth-order valence-electron chi connectivity index (χ4n) is 3.44. The molecule has 2 aromatic carbocycles. The maximum absolute atomic E-state index is 12.6. The van der Waals surface area contributed by atoms with Crippen LogP contribution in [0.2, 0.25) is 0 Å². The Hall–Kier alpha value is -2.43. The summed E-state index contributed by atoms with van der Waals surface area (Å²) in [6, 6.07) is 10.6. The van der Waals surface area contributed by atoms with Crippen LogP contribution < -0.4 is 9.50 Å². The zero-order chi connectivity index (χ0) is 22.8. The third kappa shape index (κ3) is 5.84. The lowest BCUT2D eigenvalue weighted by Crippen LogP contribution is -2.49. The highest BCUT2D eigenvalue weighted by atomic mass is 32.2. The molecule has 0 saturated carbocycles. The minimum absolute atomic E-state index is 0.0957. The van der Waals surface area contributed by atoms with Crippen molar-refractivity contribution in [2.75, 3.05) is 19.3 Å². The van der Waals surface area contributed by atoms with Crippen molar-refractivity contribution in [1.82, 2.24) is 9.62 Å². The summed E-state index contributed by atoms with van der Waals surface area (Å²) < 4.78 is 55.3. The first-order valence-electron chi connectivity index (χ1n) is 9.83. The molecule has 0 aliphatic carbocycles. The molecule has 1 fully saturated rings. The lowest BCUT2D eigenvalue weighted by Gasteiger charge is -2.31. The molecule has 0 aromatic heterocycles. The summed E-state index contributed by atoms with van der Waals surface area (Å²) in [5, 5.41) is 2.84. The second-order valence-corrected chi connectivity index (χ2v) is 11.3. The van der Waals surface area contributed by atoms with Crippen molar-refractivity contribution in [3.63, 3.8) is 0 Å². The number of carbonyl (C=O) groups excluding carboxylic acids is 1. The smallest absolute Gasteiger partial charge is 0.339 e. The Morgan fingerprint density at radius 1 is 1.06 bits per heavy atom. The summed E-state index contributed by atoms with van der Waals surface area (Å²) in [5.74, 6) is -0.261. The average molecular weight is 467 g/mol. The second kappa shape index (κ2) is 8.97. The molecule has 31 heavy (non-hydrogen) atoms. The van der Waals surface area contributed by atoms with E-state index in [4.69, 9.17) is 4.18 Å². The molecule has 1 unspecified atom stereocenters. The van der Waals surface area contributed by atoms with Crippen LogP contribution in [0.1, 0.15) is 34.3 Å². The molecule has 0 spiro atoms. The van der Waals surface area contributed by atoms with Gasteiger partial charge in [0.2, 0.25) is 10.0 Å². The van der Waals surface area contributed by atoms with Crippen molar-refractivity contribution in [3.8, 4) is 5.75 Å². The molecular weight excluding hydrogens is 440 g/mol. The minimum Gasteiger partial charge on any atom is -0.379 e. The molecule has 1 N–H and O–H groups in total. The van der Waals surface area contributed by atoms with E-state index < -0.39 is 20.1 Å². The summed E-state index contributed by atoms with van der Waals surface area (Å²) in [7, 11) is -7.31. The minimum atomic E-state index is -4.01. The number of carbonyl (C=O) groups is 1. The molecule has 1 aliphatic heterocycles. The van der Waals surface area contributed by atoms with Crippen LogP contribution in [0, 0.1) is 13.8 Å². The Bertz CT molecular complexity index is 1170. The Morgan fingerprint density at radius 3 is 2.39 bits per heavy atom. The summed E-state index contributed by atoms with van der Waals surface area (Å²) in [6.45, 7) is 4.18. The van der Waals surface area contributed by atoms with E-state index in [1.165, 1.54) is 28.6 Å². The van der Waals surface area contributed by atoms with Crippen molar-refractivity contribution in [1.29, 1.82) is 0 Å². The van der Waals surface area contributed by atoms with Gasteiger partial charge in [0.15, 0.2) is 0 Å². The van der Waals surface area contributed by atoms with Crippen LogP contribution in [-0.4, -0.2) is 52.4 Å². The van der Waals surface area contributed by atoms with E-state index in [-0.39, 0.29) is 29.1 Å². The first-order valence-corrected chi connectivity index (χ1v) is 13.1. The molecule has 10 heteroatoms. The van der Waals surface area contributed by atoms with Crippen LogP contribution in [0.25, 0.3) is 0 Å². The summed E-state index contributed by atoms with van der Waals surface area (Å²) in [4.78, 5) is 12.6. The third-order valence-corrected chi connectivity index (χ3v) is 7.78. The number of aryl methyl sites for hydroxylation is 2. The number of piperidine rings is 1. The Labute approximate surface area is 183 Å². The number of nitrogens with zero attached hydrogens (tertiary/aromatic N) is 1. The Morgan fingerprint density at radius 2 is 1.74 bits per heavy atom. The first kappa shape index (κ1) is 23.2. The van der Waals surface area contributed by atoms with Crippen LogP contribution in [0.3, 0.4) is 0 Å². The lowest BCUT2D eigenvalue weighted by atomic mass is 10.1. The number of amides is 1. The summed E-state index contributed by atoms with van der Waals surface area (Å²) in [6.07, 6.45) is 2.51. The van der Waals surface area contributed by atoms with Gasteiger partial charge in [-0.25, -0.2) is 12.7 Å². The van der Waals surface area contributed by atoms with E-state index in [9.17, 15) is 21.6 Å². The molecule has 0 radical (unpaired) electrons. The number of benzene rings is 2. The summed E-state index contributed by atoms with van der Waals surface area (Å²) in [5.41, 5.74) is 1.71. The molecule has 1 aliphatic rings. The number of rotatable bonds is 6. The van der Waals surface area contributed by atoms with Gasteiger partial charge in [0.25, 0.3) is 5.91 Å². The number of sulfonamides is 1. The second-order valence-electron chi connectivity index (χ2n) is 7.76. The topological polar surface area (TPSA) is 110 Å². The van der Waals surface area contributed by atoms with Crippen molar-refractivity contribution in [2.24, 2.45) is 0 Å². The van der Waals surface area contributed by atoms with E-state index >= 15 is 0 Å². The van der Waals surface area contributed by atoms with Crippen LogP contribution in [-0.2, 0) is 20.1 Å². The van der Waals surface area contributed by atoms with E-state index in [2.05, 4.69) is 5.32 Å². The SMILES string of the molecule is Cc1ccc(C)c(S(=O)(=O)Oc2ccc(C(=O)NC3CCCN(S(C)(=O)=O)C3)cc2)c1. The largest absolute Gasteiger partial charge is 0.379 e. The molecule has 2 aromatic rings.